The summed E-state index contributed by atoms with van der Waals surface area (Å²) in [6.45, 7) is 0.318. The molecule has 0 aliphatic rings. The fraction of sp³-hybridized carbons (Fsp3) is 0.231. The van der Waals surface area contributed by atoms with Crippen molar-refractivity contribution in [2.75, 3.05) is 12.4 Å². The molecule has 0 spiro atoms. The molecule has 1 aromatic heterocycles. The monoisotopic (exact) mass is 270 g/mol. The first-order chi connectivity index (χ1) is 9.00. The van der Waals surface area contributed by atoms with E-state index in [1.54, 1.807) is 18.5 Å². The van der Waals surface area contributed by atoms with Gasteiger partial charge in [-0.1, -0.05) is 0 Å². The van der Waals surface area contributed by atoms with Crippen LogP contribution in [0, 0.1) is 0 Å². The maximum absolute atomic E-state index is 12.9. The Kier molecular flexibility index (Phi) is 3.69. The maximum atomic E-state index is 12.9. The largest absolute Gasteiger partial charge is 0.497 e. The Labute approximate surface area is 108 Å². The van der Waals surface area contributed by atoms with E-state index < -0.39 is 11.7 Å². The molecule has 0 radical (unpaired) electrons. The van der Waals surface area contributed by atoms with E-state index in [-0.39, 0.29) is 11.4 Å². The van der Waals surface area contributed by atoms with Crippen molar-refractivity contribution in [3.63, 3.8) is 0 Å². The number of alkyl halides is 3. The van der Waals surface area contributed by atoms with Crippen LogP contribution in [0.1, 0.15) is 11.1 Å². The van der Waals surface area contributed by atoms with E-state index in [1.165, 1.54) is 19.2 Å². The van der Waals surface area contributed by atoms with Crippen LogP contribution in [0.2, 0.25) is 0 Å². The van der Waals surface area contributed by atoms with E-state index >= 15 is 0 Å². The summed E-state index contributed by atoms with van der Waals surface area (Å²) in [4.78, 5) is 2.85. The summed E-state index contributed by atoms with van der Waals surface area (Å²) in [6, 6.07) is 5.65. The lowest BCUT2D eigenvalue weighted by Crippen LogP contribution is -2.11. The quantitative estimate of drug-likeness (QED) is 0.889. The molecule has 0 unspecified atom stereocenters. The zero-order chi connectivity index (χ0) is 13.9. The standard InChI is InChI=1S/C13H13F3N2O/c1-19-10-2-3-12(11(6-10)13(14,15)16)18-8-9-4-5-17-7-9/h2-7,17-18H,8H2,1H3. The van der Waals surface area contributed by atoms with Gasteiger partial charge >= 0.3 is 6.18 Å². The van der Waals surface area contributed by atoms with Crippen molar-refractivity contribution in [3.05, 3.63) is 47.8 Å². The van der Waals surface area contributed by atoms with Gasteiger partial charge in [-0.3, -0.25) is 0 Å². The molecule has 3 nitrogen and oxygen atoms in total. The van der Waals surface area contributed by atoms with E-state index in [1.807, 2.05) is 0 Å². The Hall–Kier alpha value is -2.11. The second-order valence-electron chi connectivity index (χ2n) is 3.98. The highest BCUT2D eigenvalue weighted by Gasteiger charge is 2.34. The maximum Gasteiger partial charge on any atom is 0.418 e. The second kappa shape index (κ2) is 5.26. The van der Waals surface area contributed by atoms with Crippen molar-refractivity contribution in [3.8, 4) is 5.75 Å². The van der Waals surface area contributed by atoms with Gasteiger partial charge in [-0.15, -0.1) is 0 Å². The third-order valence-corrected chi connectivity index (χ3v) is 2.68. The molecule has 6 heteroatoms. The second-order valence-corrected chi connectivity index (χ2v) is 3.98. The molecule has 1 heterocycles. The molecule has 0 amide bonds. The Morgan fingerprint density at radius 1 is 1.26 bits per heavy atom. The summed E-state index contributed by atoms with van der Waals surface area (Å²) >= 11 is 0. The number of H-pyrrole nitrogens is 1. The number of hydrogen-bond donors (Lipinski definition) is 2. The minimum atomic E-state index is -4.42. The zero-order valence-corrected chi connectivity index (χ0v) is 10.2. The van der Waals surface area contributed by atoms with Crippen LogP contribution >= 0.6 is 0 Å². The third kappa shape index (κ3) is 3.21. The van der Waals surface area contributed by atoms with Crippen LogP contribution in [0.15, 0.2) is 36.7 Å². The summed E-state index contributed by atoms with van der Waals surface area (Å²) in [5.74, 6) is 0.180. The first-order valence-electron chi connectivity index (χ1n) is 5.61. The highest BCUT2D eigenvalue weighted by Crippen LogP contribution is 2.37. The van der Waals surface area contributed by atoms with Crippen LogP contribution in [0.25, 0.3) is 0 Å². The average Bonchev–Trinajstić information content (AvgIpc) is 2.88. The molecule has 2 rings (SSSR count). The Bertz CT molecular complexity index is 535. The lowest BCUT2D eigenvalue weighted by Gasteiger charge is -2.15. The van der Waals surface area contributed by atoms with Gasteiger partial charge in [0.25, 0.3) is 0 Å². The van der Waals surface area contributed by atoms with E-state index in [0.717, 1.165) is 11.6 Å². The van der Waals surface area contributed by atoms with Gasteiger partial charge in [0.05, 0.1) is 12.7 Å². The van der Waals surface area contributed by atoms with Crippen LogP contribution in [0.4, 0.5) is 18.9 Å². The zero-order valence-electron chi connectivity index (χ0n) is 10.2. The molecule has 2 aromatic rings. The number of halogens is 3. The van der Waals surface area contributed by atoms with Crippen molar-refractivity contribution >= 4 is 5.69 Å². The SMILES string of the molecule is COc1ccc(NCc2cc[nH]c2)c(C(F)(F)F)c1. The molecule has 0 fully saturated rings. The molecule has 0 saturated heterocycles. The van der Waals surface area contributed by atoms with Gasteiger partial charge < -0.3 is 15.0 Å². The van der Waals surface area contributed by atoms with Crippen molar-refractivity contribution < 1.29 is 17.9 Å². The molecule has 2 N–H and O–H groups in total. The van der Waals surface area contributed by atoms with Crippen molar-refractivity contribution in [1.82, 2.24) is 4.98 Å². The molecule has 0 saturated carbocycles. The normalized spacial score (nSPS) is 11.4. The molecule has 0 aliphatic carbocycles. The van der Waals surface area contributed by atoms with E-state index in [9.17, 15) is 13.2 Å². The van der Waals surface area contributed by atoms with E-state index in [4.69, 9.17) is 4.74 Å². The van der Waals surface area contributed by atoms with Crippen molar-refractivity contribution in [2.24, 2.45) is 0 Å². The Balaban J connectivity index is 2.23. The average molecular weight is 270 g/mol. The van der Waals surface area contributed by atoms with Crippen LogP contribution in [0.3, 0.4) is 0 Å². The predicted molar refractivity (Wildman–Crippen MR) is 66.1 cm³/mol. The topological polar surface area (TPSA) is 37.0 Å². The predicted octanol–water partition coefficient (Wildman–Crippen LogP) is 3.65. The number of methoxy groups -OCH3 is 1. The van der Waals surface area contributed by atoms with Crippen LogP contribution in [-0.4, -0.2) is 12.1 Å². The summed E-state index contributed by atoms with van der Waals surface area (Å²) in [5.41, 5.74) is 0.181. The molecule has 19 heavy (non-hydrogen) atoms. The molecule has 0 atom stereocenters. The lowest BCUT2D eigenvalue weighted by atomic mass is 10.1. The van der Waals surface area contributed by atoms with Crippen LogP contribution < -0.4 is 10.1 Å². The number of rotatable bonds is 4. The van der Waals surface area contributed by atoms with Crippen LogP contribution in [-0.2, 0) is 12.7 Å². The molecular formula is C13H13F3N2O. The number of anilines is 1. The number of benzene rings is 1. The van der Waals surface area contributed by atoms with Gasteiger partial charge in [0, 0.05) is 24.6 Å². The minimum Gasteiger partial charge on any atom is -0.497 e. The fourth-order valence-corrected chi connectivity index (χ4v) is 1.70. The number of aromatic nitrogens is 1. The molecular weight excluding hydrogens is 257 g/mol. The first kappa shape index (κ1) is 13.3. The smallest absolute Gasteiger partial charge is 0.418 e. The van der Waals surface area contributed by atoms with Gasteiger partial charge in [0.15, 0.2) is 0 Å². The molecule has 102 valence electrons. The lowest BCUT2D eigenvalue weighted by molar-refractivity contribution is -0.137. The summed E-state index contributed by atoms with van der Waals surface area (Å²) in [5, 5.41) is 2.78. The highest BCUT2D eigenvalue weighted by atomic mass is 19.4. The molecule has 1 aromatic carbocycles. The van der Waals surface area contributed by atoms with Crippen molar-refractivity contribution in [2.45, 2.75) is 12.7 Å². The van der Waals surface area contributed by atoms with Gasteiger partial charge in [0.1, 0.15) is 5.75 Å². The number of nitrogens with one attached hydrogen (secondary N) is 2. The number of ether oxygens (including phenoxy) is 1. The van der Waals surface area contributed by atoms with Crippen molar-refractivity contribution in [1.29, 1.82) is 0 Å². The number of aromatic amines is 1. The fourth-order valence-electron chi connectivity index (χ4n) is 1.70. The third-order valence-electron chi connectivity index (χ3n) is 2.68. The van der Waals surface area contributed by atoms with Gasteiger partial charge in [-0.2, -0.15) is 13.2 Å². The van der Waals surface area contributed by atoms with Gasteiger partial charge in [0.2, 0.25) is 0 Å². The van der Waals surface area contributed by atoms with Gasteiger partial charge in [-0.25, -0.2) is 0 Å². The van der Waals surface area contributed by atoms with Gasteiger partial charge in [-0.05, 0) is 29.8 Å². The summed E-state index contributed by atoms with van der Waals surface area (Å²) in [7, 11) is 1.34. The highest BCUT2D eigenvalue weighted by molar-refractivity contribution is 5.55. The summed E-state index contributed by atoms with van der Waals surface area (Å²) in [6.07, 6.45) is -0.978. The minimum absolute atomic E-state index is 0.0366. The van der Waals surface area contributed by atoms with Crippen LogP contribution in [0.5, 0.6) is 5.75 Å². The molecule has 0 aliphatic heterocycles. The number of hydrogen-bond acceptors (Lipinski definition) is 2. The van der Waals surface area contributed by atoms with E-state index in [2.05, 4.69) is 10.3 Å². The Morgan fingerprint density at radius 2 is 2.05 bits per heavy atom. The van der Waals surface area contributed by atoms with E-state index in [0.29, 0.717) is 6.54 Å². The summed E-state index contributed by atoms with van der Waals surface area (Å²) < 4.78 is 43.6. The first-order valence-corrected chi connectivity index (χ1v) is 5.61. The Morgan fingerprint density at radius 3 is 2.63 bits per heavy atom. The molecule has 0 bridgehead atoms.